The van der Waals surface area contributed by atoms with Crippen LogP contribution in [0.15, 0.2) is 231 Å². The summed E-state index contributed by atoms with van der Waals surface area (Å²) in [7, 11) is -3.06. The molecule has 82 heavy (non-hydrogen) atoms. The molecule has 1 aliphatic heterocycles. The van der Waals surface area contributed by atoms with Crippen LogP contribution in [0.5, 0.6) is 0 Å². The zero-order valence-electron chi connectivity index (χ0n) is 48.5. The number of hydrogen-bond donors (Lipinski definition) is 0. The Kier molecular flexibility index (Phi) is 10.4. The summed E-state index contributed by atoms with van der Waals surface area (Å²) in [6.07, 6.45) is 0. The lowest BCUT2D eigenvalue weighted by Crippen LogP contribution is -2.49. The van der Waals surface area contributed by atoms with Crippen LogP contribution in [0.1, 0.15) is 77.8 Å². The molecule has 12 aromatic rings. The van der Waals surface area contributed by atoms with Crippen LogP contribution < -0.4 is 15.6 Å². The van der Waals surface area contributed by atoms with Gasteiger partial charge in [0.05, 0.1) is 14.2 Å². The van der Waals surface area contributed by atoms with Gasteiger partial charge in [-0.05, 0) is 203 Å². The predicted octanol–water partition coefficient (Wildman–Crippen LogP) is 18.8. The summed E-state index contributed by atoms with van der Waals surface area (Å²) in [5, 5.41) is 9.88. The summed E-state index contributed by atoms with van der Waals surface area (Å²) < 4.78 is 0. The second-order valence-corrected chi connectivity index (χ2v) is 33.3. The van der Waals surface area contributed by atoms with Crippen molar-refractivity contribution in [3.8, 4) is 77.9 Å². The van der Waals surface area contributed by atoms with Gasteiger partial charge >= 0.3 is 0 Å². The highest BCUT2D eigenvalue weighted by Crippen LogP contribution is 2.64. The number of hydrogen-bond acceptors (Lipinski definition) is 0. The van der Waals surface area contributed by atoms with Crippen molar-refractivity contribution in [3.63, 3.8) is 0 Å². The van der Waals surface area contributed by atoms with Crippen molar-refractivity contribution in [1.82, 2.24) is 0 Å². The minimum absolute atomic E-state index is 0.290. The fourth-order valence-corrected chi connectivity index (χ4v) is 21.0. The topological polar surface area (TPSA) is 0 Å². The number of aryl methyl sites for hydroxylation is 1. The van der Waals surface area contributed by atoms with Crippen molar-refractivity contribution in [3.05, 3.63) is 281 Å². The normalized spacial score (nSPS) is 15.6. The lowest BCUT2D eigenvalue weighted by Gasteiger charge is -2.34. The second kappa shape index (κ2) is 17.3. The molecule has 0 aromatic heterocycles. The van der Waals surface area contributed by atoms with E-state index < -0.39 is 22.3 Å². The third-order valence-corrected chi connectivity index (χ3v) is 25.8. The van der Waals surface area contributed by atoms with Gasteiger partial charge in [-0.25, -0.2) is 0 Å². The van der Waals surface area contributed by atoms with Crippen molar-refractivity contribution >= 4 is 54.0 Å². The van der Waals surface area contributed by atoms with E-state index in [-0.39, 0.29) is 10.8 Å². The van der Waals surface area contributed by atoms with E-state index in [0.717, 1.165) is 0 Å². The molecule has 0 atom stereocenters. The molecule has 4 aliphatic rings. The van der Waals surface area contributed by atoms with Crippen LogP contribution in [0, 0.1) is 6.92 Å². The van der Waals surface area contributed by atoms with Crippen molar-refractivity contribution in [2.75, 3.05) is 0 Å². The number of benzene rings is 12. The van der Waals surface area contributed by atoms with E-state index in [1.54, 1.807) is 10.4 Å². The molecule has 0 N–H and O–H groups in total. The van der Waals surface area contributed by atoms with Crippen LogP contribution in [0.3, 0.4) is 0 Å². The van der Waals surface area contributed by atoms with Crippen LogP contribution in [0.2, 0.25) is 26.2 Å². The van der Waals surface area contributed by atoms with Gasteiger partial charge in [-0.2, -0.15) is 0 Å². The Morgan fingerprint density at radius 1 is 0.305 bits per heavy atom. The predicted molar refractivity (Wildman–Crippen MR) is 356 cm³/mol. The maximum Gasteiger partial charge on any atom is 0.113 e. The summed E-state index contributed by atoms with van der Waals surface area (Å²) in [4.78, 5) is 0. The Bertz CT molecular complexity index is 4700. The highest BCUT2D eigenvalue weighted by Gasteiger charge is 2.51. The zero-order chi connectivity index (χ0) is 55.8. The van der Waals surface area contributed by atoms with E-state index in [1.807, 2.05) is 0 Å². The number of fused-ring (bicyclic) bond motifs is 16. The van der Waals surface area contributed by atoms with Crippen molar-refractivity contribution < 1.29 is 0 Å². The van der Waals surface area contributed by atoms with E-state index in [2.05, 4.69) is 291 Å². The van der Waals surface area contributed by atoms with Crippen LogP contribution in [-0.4, -0.2) is 16.9 Å². The Morgan fingerprint density at radius 2 is 0.707 bits per heavy atom. The van der Waals surface area contributed by atoms with Gasteiger partial charge in [0.25, 0.3) is 0 Å². The van der Waals surface area contributed by atoms with E-state index in [1.165, 1.54) is 155 Å². The minimum atomic E-state index is -1.91. The lowest BCUT2D eigenvalue weighted by atomic mass is 9.67. The minimum Gasteiger partial charge on any atom is -0.0682 e. The molecule has 16 rings (SSSR count). The molecule has 3 aliphatic carbocycles. The Balaban J connectivity index is 0.953. The molecule has 1 heterocycles. The summed E-state index contributed by atoms with van der Waals surface area (Å²) in [5.74, 6) is 0. The Labute approximate surface area is 486 Å². The van der Waals surface area contributed by atoms with Crippen molar-refractivity contribution in [2.24, 2.45) is 0 Å². The van der Waals surface area contributed by atoms with E-state index in [4.69, 9.17) is 0 Å². The number of rotatable bonds is 6. The Hall–Kier alpha value is -8.41. The average molecular weight is 1080 g/mol. The molecule has 12 aromatic carbocycles. The highest BCUT2D eigenvalue weighted by atomic mass is 28.3. The first-order chi connectivity index (χ1) is 39.7. The Morgan fingerprint density at radius 3 is 1.24 bits per heavy atom. The van der Waals surface area contributed by atoms with Crippen LogP contribution >= 0.6 is 0 Å². The van der Waals surface area contributed by atoms with Gasteiger partial charge in [0, 0.05) is 10.8 Å². The highest BCUT2D eigenvalue weighted by molar-refractivity contribution is 7.04. The summed E-state index contributed by atoms with van der Waals surface area (Å²) in [6, 6.07) is 90.0. The van der Waals surface area contributed by atoms with Crippen LogP contribution in [-0.2, 0) is 16.2 Å². The summed E-state index contributed by atoms with van der Waals surface area (Å²) in [6.45, 7) is 22.3. The molecule has 0 bridgehead atoms. The first-order valence-corrected chi connectivity index (χ1v) is 35.7. The smallest absolute Gasteiger partial charge is 0.0682 e. The third kappa shape index (κ3) is 6.43. The molecule has 0 radical (unpaired) electrons. The molecule has 0 saturated carbocycles. The fourth-order valence-electron chi connectivity index (χ4n) is 16.5. The van der Waals surface area contributed by atoms with Gasteiger partial charge in [0.15, 0.2) is 0 Å². The molecule has 0 nitrogen and oxygen atoms in total. The van der Waals surface area contributed by atoms with Gasteiger partial charge < -0.3 is 0 Å². The maximum absolute atomic E-state index is 2.67. The SMILES string of the molecule is Cc1cccc(-c2cc3c(c4ccccc24)-c2cc4c(cc2C3(C)C)-c2cc3c(cc2C4(c2ccccc2)c2ccccc2)-c2c(cc(-c4cccc5c4-c4ccccc4[Si]5(C)C)c4ccccc24)C3(C)C)c1-c1ccccc1[SiH](C)C. The maximum atomic E-state index is 2.67. The molecular weight excluding hydrogens is 1020 g/mol. The molecular formula is C80H66Si2. The first-order valence-electron chi connectivity index (χ1n) is 29.8. The molecule has 0 fully saturated rings. The van der Waals surface area contributed by atoms with Crippen LogP contribution in [0.25, 0.3) is 99.4 Å². The van der Waals surface area contributed by atoms with Gasteiger partial charge in [0.2, 0.25) is 0 Å². The lowest BCUT2D eigenvalue weighted by molar-refractivity contribution is 0.660. The molecule has 394 valence electrons. The molecule has 2 heteroatoms. The molecule has 0 spiro atoms. The van der Waals surface area contributed by atoms with Gasteiger partial charge in [-0.3, -0.25) is 0 Å². The quantitative estimate of drug-likeness (QED) is 0.146. The van der Waals surface area contributed by atoms with Gasteiger partial charge in [-0.1, -0.05) is 253 Å². The van der Waals surface area contributed by atoms with Crippen molar-refractivity contribution in [2.45, 2.75) is 77.1 Å². The van der Waals surface area contributed by atoms with E-state index in [9.17, 15) is 0 Å². The third-order valence-electron chi connectivity index (χ3n) is 20.5. The van der Waals surface area contributed by atoms with E-state index >= 15 is 0 Å². The molecule has 0 saturated heterocycles. The van der Waals surface area contributed by atoms with Gasteiger partial charge in [-0.15, -0.1) is 0 Å². The van der Waals surface area contributed by atoms with Crippen molar-refractivity contribution in [1.29, 1.82) is 0 Å². The standard InChI is InChI=1S/C80H66Si2/c1-48-26-24-37-55(74(48)57-35-20-22-39-71(57)81(6)7)59-42-69-75(53-33-18-16-31-51(53)59)63-46-67-61(44-65(63)78(69,2)3)62-45-66-64(47-68(62)80(67,49-27-12-10-13-28-49)50-29-14-11-15-30-50)76-54-34-19-17-32-52(54)60(43-70(76)79(66,4)5)56-38-25-41-73-77(56)58-36-21-23-40-72(58)82(73,8)9/h10-47,81H,1-9H3. The van der Waals surface area contributed by atoms with Gasteiger partial charge in [0.1, 0.15) is 8.07 Å². The molecule has 0 amide bonds. The summed E-state index contributed by atoms with van der Waals surface area (Å²) in [5.41, 5.74) is 30.1. The fraction of sp³-hybridized carbons (Fsp3) is 0.150. The van der Waals surface area contributed by atoms with E-state index in [0.29, 0.717) is 0 Å². The summed E-state index contributed by atoms with van der Waals surface area (Å²) >= 11 is 0. The second-order valence-electron chi connectivity index (χ2n) is 26.0. The molecule has 0 unspecified atom stereocenters. The average Bonchev–Trinajstić information content (AvgIpc) is 1.61. The largest absolute Gasteiger partial charge is 0.113 e. The first kappa shape index (κ1) is 49.4. The monoisotopic (exact) mass is 1080 g/mol. The van der Waals surface area contributed by atoms with Crippen LogP contribution in [0.4, 0.5) is 0 Å². The zero-order valence-corrected chi connectivity index (χ0v) is 50.7.